The van der Waals surface area contributed by atoms with Crippen LogP contribution in [0.1, 0.15) is 0 Å². The van der Waals surface area contributed by atoms with Crippen molar-refractivity contribution in [1.82, 2.24) is 4.98 Å². The number of fused-ring (bicyclic) bond motifs is 1. The zero-order valence-electron chi connectivity index (χ0n) is 6.20. The zero-order chi connectivity index (χ0) is 8.72. The van der Waals surface area contributed by atoms with Crippen molar-refractivity contribution in [2.24, 2.45) is 0 Å². The van der Waals surface area contributed by atoms with Gasteiger partial charge in [0, 0.05) is 17.6 Å². The maximum absolute atomic E-state index is 9.14. The summed E-state index contributed by atoms with van der Waals surface area (Å²) >= 11 is 0. The van der Waals surface area contributed by atoms with Crippen LogP contribution >= 0.6 is 0 Å². The maximum Gasteiger partial charge on any atom is 0.159 e. The number of aromatic hydroxyl groups is 2. The molecule has 0 fully saturated rings. The average Bonchev–Trinajstić information content (AvgIpc) is 2.35. The van der Waals surface area contributed by atoms with Gasteiger partial charge in [0.2, 0.25) is 0 Å². The largest absolute Gasteiger partial charge is 0.504 e. The summed E-state index contributed by atoms with van der Waals surface area (Å²) in [5.74, 6) is -0.307. The molecule has 1 heterocycles. The smallest absolute Gasteiger partial charge is 0.159 e. The lowest BCUT2D eigenvalue weighted by atomic mass is 10.2. The number of nitrogens with two attached hydrogens (primary N) is 1. The highest BCUT2D eigenvalue weighted by Gasteiger charge is 2.05. The molecule has 0 aliphatic rings. The van der Waals surface area contributed by atoms with Crippen molar-refractivity contribution < 1.29 is 10.2 Å². The molecule has 12 heavy (non-hydrogen) atoms. The van der Waals surface area contributed by atoms with Crippen LogP contribution in [-0.2, 0) is 0 Å². The zero-order valence-corrected chi connectivity index (χ0v) is 6.20. The van der Waals surface area contributed by atoms with Crippen molar-refractivity contribution in [3.8, 4) is 11.5 Å². The minimum atomic E-state index is -0.159. The molecule has 0 saturated carbocycles. The number of anilines is 1. The maximum atomic E-state index is 9.14. The van der Waals surface area contributed by atoms with Crippen molar-refractivity contribution in [2.75, 3.05) is 5.73 Å². The van der Waals surface area contributed by atoms with Gasteiger partial charge in [-0.2, -0.15) is 0 Å². The predicted octanol–water partition coefficient (Wildman–Crippen LogP) is 1.16. The van der Waals surface area contributed by atoms with E-state index in [1.165, 1.54) is 12.1 Å². The van der Waals surface area contributed by atoms with Gasteiger partial charge < -0.3 is 20.9 Å². The van der Waals surface area contributed by atoms with Crippen LogP contribution in [0.5, 0.6) is 11.5 Å². The van der Waals surface area contributed by atoms with Crippen LogP contribution in [0.3, 0.4) is 0 Å². The topological polar surface area (TPSA) is 82.3 Å². The average molecular weight is 164 g/mol. The van der Waals surface area contributed by atoms with Crippen LogP contribution in [0, 0.1) is 0 Å². The van der Waals surface area contributed by atoms with E-state index in [-0.39, 0.29) is 11.5 Å². The van der Waals surface area contributed by atoms with Crippen molar-refractivity contribution >= 4 is 16.6 Å². The van der Waals surface area contributed by atoms with Gasteiger partial charge in [-0.3, -0.25) is 0 Å². The Labute approximate surface area is 68.3 Å². The quantitative estimate of drug-likeness (QED) is 0.441. The molecule has 5 N–H and O–H groups in total. The van der Waals surface area contributed by atoms with E-state index in [9.17, 15) is 0 Å². The van der Waals surface area contributed by atoms with Gasteiger partial charge >= 0.3 is 0 Å². The molecule has 0 saturated heterocycles. The molecule has 0 atom stereocenters. The molecule has 1 aromatic carbocycles. The second kappa shape index (κ2) is 2.07. The number of nitrogens with one attached hydrogen (secondary N) is 1. The molecular formula is C8H8N2O2. The van der Waals surface area contributed by atoms with Gasteiger partial charge in [-0.1, -0.05) is 0 Å². The standard InChI is InChI=1S/C8H8N2O2/c9-5-3-10-6-2-8(12)7(11)1-4(5)6/h1-3,10-12H,9H2. The van der Waals surface area contributed by atoms with Gasteiger partial charge in [0.15, 0.2) is 11.5 Å². The molecule has 0 unspecified atom stereocenters. The molecular weight excluding hydrogens is 156 g/mol. The molecule has 0 spiro atoms. The number of aromatic amines is 1. The van der Waals surface area contributed by atoms with E-state index in [2.05, 4.69) is 4.98 Å². The molecule has 0 aliphatic carbocycles. The first-order chi connectivity index (χ1) is 5.68. The molecule has 0 bridgehead atoms. The molecule has 2 aromatic rings. The number of rotatable bonds is 0. The summed E-state index contributed by atoms with van der Waals surface area (Å²) in [6.07, 6.45) is 1.61. The van der Waals surface area contributed by atoms with Crippen LogP contribution in [-0.4, -0.2) is 15.2 Å². The molecule has 1 aromatic heterocycles. The van der Waals surface area contributed by atoms with Crippen LogP contribution in [0.15, 0.2) is 18.3 Å². The van der Waals surface area contributed by atoms with Gasteiger partial charge in [-0.15, -0.1) is 0 Å². The van der Waals surface area contributed by atoms with Crippen molar-refractivity contribution in [1.29, 1.82) is 0 Å². The van der Waals surface area contributed by atoms with Crippen LogP contribution in [0.25, 0.3) is 10.9 Å². The molecule has 0 amide bonds. The van der Waals surface area contributed by atoms with Crippen molar-refractivity contribution in [3.05, 3.63) is 18.3 Å². The molecule has 0 radical (unpaired) electrons. The number of hydrogen-bond acceptors (Lipinski definition) is 3. The van der Waals surface area contributed by atoms with Gasteiger partial charge in [-0.05, 0) is 6.07 Å². The van der Waals surface area contributed by atoms with Gasteiger partial charge in [0.05, 0.1) is 11.2 Å². The first-order valence-corrected chi connectivity index (χ1v) is 3.47. The van der Waals surface area contributed by atoms with E-state index in [1.54, 1.807) is 6.20 Å². The number of phenolic OH excluding ortho intramolecular Hbond substituents is 2. The lowest BCUT2D eigenvalue weighted by Gasteiger charge is -1.97. The molecule has 4 heteroatoms. The lowest BCUT2D eigenvalue weighted by molar-refractivity contribution is 0.405. The van der Waals surface area contributed by atoms with E-state index < -0.39 is 0 Å². The fourth-order valence-corrected chi connectivity index (χ4v) is 1.17. The van der Waals surface area contributed by atoms with Crippen LogP contribution < -0.4 is 5.73 Å². The molecule has 2 rings (SSSR count). The Balaban J connectivity index is 2.87. The van der Waals surface area contributed by atoms with Gasteiger partial charge in [-0.25, -0.2) is 0 Å². The number of hydrogen-bond donors (Lipinski definition) is 4. The van der Waals surface area contributed by atoms with Crippen LogP contribution in [0.4, 0.5) is 5.69 Å². The van der Waals surface area contributed by atoms with Gasteiger partial charge in [0.1, 0.15) is 0 Å². The minimum Gasteiger partial charge on any atom is -0.504 e. The van der Waals surface area contributed by atoms with E-state index >= 15 is 0 Å². The monoisotopic (exact) mass is 164 g/mol. The summed E-state index contributed by atoms with van der Waals surface area (Å²) in [6, 6.07) is 2.86. The normalized spacial score (nSPS) is 10.7. The third-order valence-electron chi connectivity index (χ3n) is 1.81. The third kappa shape index (κ3) is 0.780. The van der Waals surface area contributed by atoms with E-state index in [0.717, 1.165) is 0 Å². The minimum absolute atomic E-state index is 0.149. The predicted molar refractivity (Wildman–Crippen MR) is 46.0 cm³/mol. The Morgan fingerprint density at radius 2 is 1.83 bits per heavy atom. The number of H-pyrrole nitrogens is 1. The summed E-state index contributed by atoms with van der Waals surface area (Å²) in [5, 5.41) is 19.0. The molecule has 4 nitrogen and oxygen atoms in total. The summed E-state index contributed by atoms with van der Waals surface area (Å²) in [6.45, 7) is 0. The highest BCUT2D eigenvalue weighted by atomic mass is 16.3. The van der Waals surface area contributed by atoms with Crippen molar-refractivity contribution in [3.63, 3.8) is 0 Å². The molecule has 62 valence electrons. The van der Waals surface area contributed by atoms with E-state index in [4.69, 9.17) is 15.9 Å². The fourth-order valence-electron chi connectivity index (χ4n) is 1.17. The first-order valence-electron chi connectivity index (χ1n) is 3.47. The van der Waals surface area contributed by atoms with Crippen molar-refractivity contribution in [2.45, 2.75) is 0 Å². The van der Waals surface area contributed by atoms with Crippen LogP contribution in [0.2, 0.25) is 0 Å². The second-order valence-corrected chi connectivity index (χ2v) is 2.63. The summed E-state index contributed by atoms with van der Waals surface area (Å²) in [7, 11) is 0. The SMILES string of the molecule is Nc1c[nH]c2cc(O)c(O)cc12. The Hall–Kier alpha value is -1.84. The Morgan fingerprint density at radius 1 is 1.17 bits per heavy atom. The lowest BCUT2D eigenvalue weighted by Crippen LogP contribution is -1.79. The second-order valence-electron chi connectivity index (χ2n) is 2.63. The first kappa shape index (κ1) is 6.84. The summed E-state index contributed by atoms with van der Waals surface area (Å²) < 4.78 is 0. The number of benzene rings is 1. The summed E-state index contributed by atoms with van der Waals surface area (Å²) in [4.78, 5) is 2.86. The van der Waals surface area contributed by atoms with E-state index in [0.29, 0.717) is 16.6 Å². The number of aromatic nitrogens is 1. The Morgan fingerprint density at radius 3 is 2.58 bits per heavy atom. The van der Waals surface area contributed by atoms with Gasteiger partial charge in [0.25, 0.3) is 0 Å². The highest BCUT2D eigenvalue weighted by molar-refractivity contribution is 5.93. The number of phenols is 2. The number of nitrogen functional groups attached to an aromatic ring is 1. The summed E-state index contributed by atoms with van der Waals surface area (Å²) in [5.41, 5.74) is 6.84. The Kier molecular flexibility index (Phi) is 1.18. The van der Waals surface area contributed by atoms with E-state index in [1.807, 2.05) is 0 Å². The Bertz CT molecular complexity index is 434. The molecule has 0 aliphatic heterocycles. The highest BCUT2D eigenvalue weighted by Crippen LogP contribution is 2.32. The fraction of sp³-hybridized carbons (Fsp3) is 0. The third-order valence-corrected chi connectivity index (χ3v) is 1.81.